The molecule has 4 rings (SSSR count). The van der Waals surface area contributed by atoms with E-state index in [1.165, 1.54) is 11.1 Å². The quantitative estimate of drug-likeness (QED) is 0.827. The summed E-state index contributed by atoms with van der Waals surface area (Å²) in [6.45, 7) is 0.606. The van der Waals surface area contributed by atoms with E-state index < -0.39 is 11.8 Å². The fourth-order valence-corrected chi connectivity index (χ4v) is 3.33. The average Bonchev–Trinajstić information content (AvgIpc) is 3.29. The molecule has 2 aliphatic rings. The van der Waals surface area contributed by atoms with Crippen LogP contribution in [0.4, 0.5) is 5.69 Å². The van der Waals surface area contributed by atoms with E-state index in [1.807, 2.05) is 36.4 Å². The first-order valence-corrected chi connectivity index (χ1v) is 8.78. The monoisotopic (exact) mass is 352 g/mol. The van der Waals surface area contributed by atoms with Gasteiger partial charge in [-0.05, 0) is 66.6 Å². The van der Waals surface area contributed by atoms with Gasteiger partial charge in [0.2, 0.25) is 6.79 Å². The van der Waals surface area contributed by atoms with Gasteiger partial charge < -0.3 is 20.1 Å². The standard InChI is InChI=1S/C20H20N2O4/c23-19(20(24)22-16-6-5-14-2-1-3-15(14)11-16)21-9-8-13-4-7-17-18(10-13)26-12-25-17/h4-7,10-11H,1-3,8-9,12H2,(H,21,23)(H,22,24). The summed E-state index contributed by atoms with van der Waals surface area (Å²) in [4.78, 5) is 24.0. The third-order valence-corrected chi connectivity index (χ3v) is 4.70. The second kappa shape index (κ2) is 7.07. The van der Waals surface area contributed by atoms with Gasteiger partial charge in [0.15, 0.2) is 11.5 Å². The molecule has 0 spiro atoms. The smallest absolute Gasteiger partial charge is 0.313 e. The van der Waals surface area contributed by atoms with E-state index in [0.29, 0.717) is 24.4 Å². The molecule has 2 N–H and O–H groups in total. The van der Waals surface area contributed by atoms with Crippen LogP contribution >= 0.6 is 0 Å². The Morgan fingerprint density at radius 1 is 0.923 bits per heavy atom. The van der Waals surface area contributed by atoms with Crippen LogP contribution in [0.5, 0.6) is 11.5 Å². The highest BCUT2D eigenvalue weighted by atomic mass is 16.7. The minimum atomic E-state index is -0.645. The lowest BCUT2D eigenvalue weighted by atomic mass is 10.1. The molecule has 6 heteroatoms. The molecule has 6 nitrogen and oxygen atoms in total. The van der Waals surface area contributed by atoms with E-state index in [4.69, 9.17) is 9.47 Å². The Morgan fingerprint density at radius 2 is 1.77 bits per heavy atom. The highest BCUT2D eigenvalue weighted by Gasteiger charge is 2.16. The molecule has 0 aromatic heterocycles. The lowest BCUT2D eigenvalue weighted by molar-refractivity contribution is -0.136. The molecule has 0 bridgehead atoms. The predicted octanol–water partition coefficient (Wildman–Crippen LogP) is 2.20. The van der Waals surface area contributed by atoms with Gasteiger partial charge in [0, 0.05) is 12.2 Å². The number of rotatable bonds is 4. The minimum absolute atomic E-state index is 0.235. The van der Waals surface area contributed by atoms with E-state index in [1.54, 1.807) is 0 Å². The van der Waals surface area contributed by atoms with Crippen molar-refractivity contribution in [1.82, 2.24) is 5.32 Å². The molecule has 1 aliphatic carbocycles. The molecule has 0 fully saturated rings. The highest BCUT2D eigenvalue weighted by Crippen LogP contribution is 2.32. The van der Waals surface area contributed by atoms with Crippen LogP contribution in [0.2, 0.25) is 0 Å². The normalized spacial score (nSPS) is 14.0. The van der Waals surface area contributed by atoms with Gasteiger partial charge in [0.1, 0.15) is 0 Å². The summed E-state index contributed by atoms with van der Waals surface area (Å²) in [5, 5.41) is 5.31. The molecule has 2 aromatic carbocycles. The third kappa shape index (κ3) is 3.49. The summed E-state index contributed by atoms with van der Waals surface area (Å²) in [6, 6.07) is 11.5. The maximum atomic E-state index is 12.0. The topological polar surface area (TPSA) is 76.7 Å². The van der Waals surface area contributed by atoms with Gasteiger partial charge in [-0.1, -0.05) is 12.1 Å². The number of hydrogen-bond acceptors (Lipinski definition) is 4. The van der Waals surface area contributed by atoms with Crippen molar-refractivity contribution in [3.05, 3.63) is 53.1 Å². The SMILES string of the molecule is O=C(NCCc1ccc2c(c1)OCO2)C(=O)Nc1ccc2c(c1)CCC2. The van der Waals surface area contributed by atoms with Crippen LogP contribution in [0.15, 0.2) is 36.4 Å². The van der Waals surface area contributed by atoms with Crippen molar-refractivity contribution >= 4 is 17.5 Å². The van der Waals surface area contributed by atoms with Crippen LogP contribution in [0.25, 0.3) is 0 Å². The lowest BCUT2D eigenvalue weighted by Crippen LogP contribution is -2.36. The van der Waals surface area contributed by atoms with E-state index in [2.05, 4.69) is 10.6 Å². The van der Waals surface area contributed by atoms with Crippen molar-refractivity contribution in [2.45, 2.75) is 25.7 Å². The molecule has 2 amide bonds. The van der Waals surface area contributed by atoms with Crippen molar-refractivity contribution in [2.75, 3.05) is 18.7 Å². The molecule has 0 saturated carbocycles. The molecular formula is C20H20N2O4. The number of aryl methyl sites for hydroxylation is 2. The number of carbonyl (C=O) groups excluding carboxylic acids is 2. The first-order chi connectivity index (χ1) is 12.7. The molecule has 1 aliphatic heterocycles. The molecule has 2 aromatic rings. The highest BCUT2D eigenvalue weighted by molar-refractivity contribution is 6.39. The van der Waals surface area contributed by atoms with Crippen molar-refractivity contribution in [3.63, 3.8) is 0 Å². The van der Waals surface area contributed by atoms with Gasteiger partial charge in [-0.3, -0.25) is 9.59 Å². The summed E-state index contributed by atoms with van der Waals surface area (Å²) in [5.74, 6) is 0.162. The molecule has 134 valence electrons. The predicted molar refractivity (Wildman–Crippen MR) is 96.4 cm³/mol. The number of amides is 2. The number of benzene rings is 2. The molecule has 0 unspecified atom stereocenters. The third-order valence-electron chi connectivity index (χ3n) is 4.70. The maximum Gasteiger partial charge on any atom is 0.313 e. The van der Waals surface area contributed by atoms with E-state index in [0.717, 1.165) is 30.6 Å². The van der Waals surface area contributed by atoms with Crippen molar-refractivity contribution in [2.24, 2.45) is 0 Å². The molecule has 26 heavy (non-hydrogen) atoms. The van der Waals surface area contributed by atoms with Crippen LogP contribution in [0, 0.1) is 0 Å². The Hall–Kier alpha value is -3.02. The Morgan fingerprint density at radius 3 is 2.69 bits per heavy atom. The van der Waals surface area contributed by atoms with Crippen LogP contribution in [0.3, 0.4) is 0 Å². The molecule has 0 atom stereocenters. The zero-order chi connectivity index (χ0) is 17.9. The number of ether oxygens (including phenoxy) is 2. The summed E-state index contributed by atoms with van der Waals surface area (Å²) in [6.07, 6.45) is 3.87. The first-order valence-electron chi connectivity index (χ1n) is 8.78. The summed E-state index contributed by atoms with van der Waals surface area (Å²) in [5.41, 5.74) is 4.26. The van der Waals surface area contributed by atoms with Crippen LogP contribution < -0.4 is 20.1 Å². The van der Waals surface area contributed by atoms with E-state index in [-0.39, 0.29) is 6.79 Å². The van der Waals surface area contributed by atoms with Crippen molar-refractivity contribution in [3.8, 4) is 11.5 Å². The molecular weight excluding hydrogens is 332 g/mol. The van der Waals surface area contributed by atoms with Crippen LogP contribution in [-0.4, -0.2) is 25.2 Å². The minimum Gasteiger partial charge on any atom is -0.454 e. The zero-order valence-electron chi connectivity index (χ0n) is 14.3. The average molecular weight is 352 g/mol. The number of nitrogens with one attached hydrogen (secondary N) is 2. The zero-order valence-corrected chi connectivity index (χ0v) is 14.3. The van der Waals surface area contributed by atoms with Gasteiger partial charge in [-0.25, -0.2) is 0 Å². The summed E-state index contributed by atoms with van der Waals surface area (Å²) in [7, 11) is 0. The Balaban J connectivity index is 1.27. The van der Waals surface area contributed by atoms with Crippen LogP contribution in [-0.2, 0) is 28.9 Å². The van der Waals surface area contributed by atoms with E-state index in [9.17, 15) is 9.59 Å². The molecule has 0 saturated heterocycles. The van der Waals surface area contributed by atoms with Gasteiger partial charge in [-0.2, -0.15) is 0 Å². The van der Waals surface area contributed by atoms with Crippen molar-refractivity contribution < 1.29 is 19.1 Å². The maximum absolute atomic E-state index is 12.0. The Labute approximate surface area is 151 Å². The second-order valence-corrected chi connectivity index (χ2v) is 6.48. The Kier molecular flexibility index (Phi) is 4.48. The van der Waals surface area contributed by atoms with Gasteiger partial charge in [0.25, 0.3) is 0 Å². The van der Waals surface area contributed by atoms with Gasteiger partial charge in [0.05, 0.1) is 0 Å². The van der Waals surface area contributed by atoms with Gasteiger partial charge >= 0.3 is 11.8 Å². The van der Waals surface area contributed by atoms with Gasteiger partial charge in [-0.15, -0.1) is 0 Å². The summed E-state index contributed by atoms with van der Waals surface area (Å²) < 4.78 is 10.6. The Bertz CT molecular complexity index is 863. The second-order valence-electron chi connectivity index (χ2n) is 6.48. The van der Waals surface area contributed by atoms with Crippen molar-refractivity contribution in [1.29, 1.82) is 0 Å². The summed E-state index contributed by atoms with van der Waals surface area (Å²) >= 11 is 0. The largest absolute Gasteiger partial charge is 0.454 e. The number of hydrogen-bond donors (Lipinski definition) is 2. The molecule has 0 radical (unpaired) electrons. The number of fused-ring (bicyclic) bond motifs is 2. The number of carbonyl (C=O) groups is 2. The number of anilines is 1. The fourth-order valence-electron chi connectivity index (χ4n) is 3.33. The first kappa shape index (κ1) is 16.4. The lowest BCUT2D eigenvalue weighted by Gasteiger charge is -2.08. The van der Waals surface area contributed by atoms with Crippen LogP contribution in [0.1, 0.15) is 23.1 Å². The fraction of sp³-hybridized carbons (Fsp3) is 0.300. The molecule has 1 heterocycles. The van der Waals surface area contributed by atoms with E-state index >= 15 is 0 Å².